The van der Waals surface area contributed by atoms with E-state index in [2.05, 4.69) is 32.9 Å². The fraction of sp³-hybridized carbons (Fsp3) is 0.651. The Hall–Kier alpha value is -4.27. The lowest BCUT2D eigenvalue weighted by molar-refractivity contribution is -0.166. The summed E-state index contributed by atoms with van der Waals surface area (Å²) < 4.78 is 69.0. The highest BCUT2D eigenvalue weighted by molar-refractivity contribution is 5.82. The fourth-order valence-corrected chi connectivity index (χ4v) is 5.04. The van der Waals surface area contributed by atoms with Gasteiger partial charge in [0.2, 0.25) is 0 Å². The van der Waals surface area contributed by atoms with Crippen LogP contribution in [0.2, 0.25) is 0 Å². The van der Waals surface area contributed by atoms with E-state index in [1.54, 1.807) is 41.5 Å². The van der Waals surface area contributed by atoms with Crippen LogP contribution in [-0.4, -0.2) is 164 Å². The molecule has 0 saturated heterocycles. The molecule has 0 rings (SSSR count). The van der Waals surface area contributed by atoms with Crippen molar-refractivity contribution in [3.8, 4) is 0 Å². The molecule has 0 amide bonds. The molecule has 0 spiro atoms. The number of hydrogen-bond acceptors (Lipinski definition) is 18. The zero-order valence-electron chi connectivity index (χ0n) is 36.7. The molecule has 6 atom stereocenters. The summed E-state index contributed by atoms with van der Waals surface area (Å²) in [5.74, 6) is -3.17. The minimum atomic E-state index is -1.12. The van der Waals surface area contributed by atoms with Gasteiger partial charge in [0.15, 0.2) is 0 Å². The number of aliphatic hydroxyl groups excluding tert-OH is 1. The maximum Gasteiger partial charge on any atom is 0.330 e. The molecule has 0 aromatic carbocycles. The van der Waals surface area contributed by atoms with Gasteiger partial charge in [-0.2, -0.15) is 0 Å². The van der Waals surface area contributed by atoms with Crippen molar-refractivity contribution >= 4 is 29.8 Å². The fourth-order valence-electron chi connectivity index (χ4n) is 5.04. The van der Waals surface area contributed by atoms with Gasteiger partial charge in [-0.1, -0.05) is 32.9 Å². The van der Waals surface area contributed by atoms with Crippen LogP contribution >= 0.6 is 0 Å². The van der Waals surface area contributed by atoms with Gasteiger partial charge in [-0.3, -0.25) is 0 Å². The Labute approximate surface area is 360 Å². The van der Waals surface area contributed by atoms with Gasteiger partial charge < -0.3 is 61.9 Å². The van der Waals surface area contributed by atoms with E-state index in [0.717, 1.165) is 30.4 Å². The number of carbonyl (C=O) groups is 5. The molecular weight excluding hydrogens is 804 g/mol. The van der Waals surface area contributed by atoms with Crippen molar-refractivity contribution < 1.29 is 85.9 Å². The molecule has 18 heteroatoms. The molecule has 348 valence electrons. The van der Waals surface area contributed by atoms with Crippen LogP contribution in [0, 0.1) is 10.8 Å². The summed E-state index contributed by atoms with van der Waals surface area (Å²) >= 11 is 0. The number of carbonyl (C=O) groups excluding carboxylic acids is 5. The first-order valence-corrected chi connectivity index (χ1v) is 19.7. The molecule has 0 aliphatic heterocycles. The number of ether oxygens (including phenoxy) is 12. The molecule has 0 aromatic heterocycles. The van der Waals surface area contributed by atoms with Crippen molar-refractivity contribution in [3.05, 3.63) is 63.3 Å². The van der Waals surface area contributed by atoms with Crippen molar-refractivity contribution in [3.63, 3.8) is 0 Å². The second-order valence-corrected chi connectivity index (χ2v) is 14.7. The second kappa shape index (κ2) is 32.4. The molecule has 18 nitrogen and oxygen atoms in total. The Balaban J connectivity index is 6.79. The van der Waals surface area contributed by atoms with Crippen LogP contribution in [0.15, 0.2) is 63.3 Å². The standard InChI is InChI=1S/C43H68O18/c1-12-37(45)57-32(7)18-51-24-42(23-50-17-31(6)44,25-52-19-33(8)58-38(46)13-2)29-56-30-43(26-53-20-34(9)59-39(47)14-3,27-54-21-35(10)60-40(48)15-4)28-55-22-36(11)61-41(49)16-5/h12-16,31-36,44H,1-5,17-30H2,6-11H3. The molecule has 0 radical (unpaired) electrons. The molecule has 0 aliphatic carbocycles. The van der Waals surface area contributed by atoms with Crippen LogP contribution in [0.4, 0.5) is 0 Å². The topological polar surface area (TPSA) is 216 Å². The van der Waals surface area contributed by atoms with Crippen molar-refractivity contribution in [2.75, 3.05) is 92.5 Å². The first-order chi connectivity index (χ1) is 28.9. The summed E-state index contributed by atoms with van der Waals surface area (Å²) in [6, 6.07) is 0. The molecule has 0 aliphatic rings. The molecule has 0 saturated carbocycles. The van der Waals surface area contributed by atoms with Gasteiger partial charge in [-0.05, 0) is 41.5 Å². The summed E-state index contributed by atoms with van der Waals surface area (Å²) in [6.07, 6.45) is 1.03. The SMILES string of the molecule is C=CC(=O)OC(C)COCC(COCC(C)O)(COCC(C)OC(=O)C=C)COCC(COCC(C)OC(=O)C=C)(COCC(C)OC(=O)C=C)COCC(C)OC(=O)C=C. The summed E-state index contributed by atoms with van der Waals surface area (Å²) in [7, 11) is 0. The van der Waals surface area contributed by atoms with Gasteiger partial charge in [-0.25, -0.2) is 24.0 Å². The van der Waals surface area contributed by atoms with E-state index in [1.165, 1.54) is 0 Å². The number of hydrogen-bond donors (Lipinski definition) is 1. The van der Waals surface area contributed by atoms with Crippen LogP contribution in [0.25, 0.3) is 0 Å². The van der Waals surface area contributed by atoms with Crippen LogP contribution in [-0.2, 0) is 80.8 Å². The smallest absolute Gasteiger partial charge is 0.330 e. The molecule has 1 N–H and O–H groups in total. The Morgan fingerprint density at radius 1 is 0.377 bits per heavy atom. The third kappa shape index (κ3) is 28.1. The molecule has 0 heterocycles. The van der Waals surface area contributed by atoms with Gasteiger partial charge in [-0.15, -0.1) is 0 Å². The molecule has 61 heavy (non-hydrogen) atoms. The third-order valence-electron chi connectivity index (χ3n) is 7.81. The van der Waals surface area contributed by atoms with E-state index in [1.807, 2.05) is 0 Å². The van der Waals surface area contributed by atoms with Crippen LogP contribution in [0.3, 0.4) is 0 Å². The maximum absolute atomic E-state index is 11.8. The average molecular weight is 873 g/mol. The normalized spacial score (nSPS) is 16.0. The summed E-state index contributed by atoms with van der Waals surface area (Å²) in [5, 5.41) is 10.0. The zero-order chi connectivity index (χ0) is 46.3. The third-order valence-corrected chi connectivity index (χ3v) is 7.81. The summed E-state index contributed by atoms with van der Waals surface area (Å²) in [5.41, 5.74) is -2.22. The van der Waals surface area contributed by atoms with Gasteiger partial charge in [0, 0.05) is 30.4 Å². The van der Waals surface area contributed by atoms with Crippen LogP contribution < -0.4 is 0 Å². The minimum Gasteiger partial charge on any atom is -0.457 e. The first kappa shape index (κ1) is 56.7. The summed E-state index contributed by atoms with van der Waals surface area (Å²) in [6.45, 7) is 26.0. The molecule has 0 bridgehead atoms. The number of aliphatic hydroxyl groups is 1. The number of rotatable bonds is 38. The molecule has 0 fully saturated rings. The monoisotopic (exact) mass is 872 g/mol. The van der Waals surface area contributed by atoms with Gasteiger partial charge in [0.25, 0.3) is 0 Å². The van der Waals surface area contributed by atoms with Crippen molar-refractivity contribution in [1.29, 1.82) is 0 Å². The molecule has 0 aromatic rings. The average Bonchev–Trinajstić information content (AvgIpc) is 3.20. The van der Waals surface area contributed by atoms with Crippen molar-refractivity contribution in [2.24, 2.45) is 10.8 Å². The lowest BCUT2D eigenvalue weighted by atomic mass is 9.90. The Morgan fingerprint density at radius 3 is 0.738 bits per heavy atom. The largest absolute Gasteiger partial charge is 0.457 e. The minimum absolute atomic E-state index is 0.0254. The predicted octanol–water partition coefficient (Wildman–Crippen LogP) is 3.04. The number of esters is 5. The summed E-state index contributed by atoms with van der Waals surface area (Å²) in [4.78, 5) is 59.2. The predicted molar refractivity (Wildman–Crippen MR) is 221 cm³/mol. The highest BCUT2D eigenvalue weighted by Gasteiger charge is 2.38. The van der Waals surface area contributed by atoms with Crippen molar-refractivity contribution in [2.45, 2.75) is 78.2 Å². The van der Waals surface area contributed by atoms with Crippen LogP contribution in [0.5, 0.6) is 0 Å². The maximum atomic E-state index is 11.8. The van der Waals surface area contributed by atoms with Crippen molar-refractivity contribution in [1.82, 2.24) is 0 Å². The zero-order valence-corrected chi connectivity index (χ0v) is 36.7. The Kier molecular flexibility index (Phi) is 30.2. The van der Waals surface area contributed by atoms with E-state index in [9.17, 15) is 29.1 Å². The van der Waals surface area contributed by atoms with Crippen LogP contribution in [0.1, 0.15) is 41.5 Å². The first-order valence-electron chi connectivity index (χ1n) is 19.7. The van der Waals surface area contributed by atoms with E-state index in [-0.39, 0.29) is 92.5 Å². The lowest BCUT2D eigenvalue weighted by Gasteiger charge is -2.37. The Morgan fingerprint density at radius 2 is 0.557 bits per heavy atom. The van der Waals surface area contributed by atoms with E-state index < -0.39 is 77.3 Å². The van der Waals surface area contributed by atoms with E-state index >= 15 is 0 Å². The van der Waals surface area contributed by atoms with Gasteiger partial charge in [0.05, 0.1) is 109 Å². The highest BCUT2D eigenvalue weighted by atomic mass is 16.6. The molecular formula is C43H68O18. The van der Waals surface area contributed by atoms with Gasteiger partial charge in [0.1, 0.15) is 30.5 Å². The highest BCUT2D eigenvalue weighted by Crippen LogP contribution is 2.26. The van der Waals surface area contributed by atoms with E-state index in [4.69, 9.17) is 56.8 Å². The quantitative estimate of drug-likeness (QED) is 0.0536. The molecule has 6 unspecified atom stereocenters. The lowest BCUT2D eigenvalue weighted by Crippen LogP contribution is -2.47. The van der Waals surface area contributed by atoms with E-state index in [0.29, 0.717) is 0 Å². The Bertz CT molecular complexity index is 1240. The second-order valence-electron chi connectivity index (χ2n) is 14.7. The van der Waals surface area contributed by atoms with Gasteiger partial charge >= 0.3 is 29.8 Å².